The molecule has 94 valence electrons. The van der Waals surface area contributed by atoms with Crippen molar-refractivity contribution in [3.05, 3.63) is 53.7 Å². The van der Waals surface area contributed by atoms with Gasteiger partial charge in [-0.2, -0.15) is 0 Å². The van der Waals surface area contributed by atoms with E-state index in [-0.39, 0.29) is 0 Å². The SMILES string of the molecule is CCc1ccc(CNc2ccnc(OC)c2)cc1. The molecule has 0 unspecified atom stereocenters. The highest BCUT2D eigenvalue weighted by molar-refractivity contribution is 5.45. The third kappa shape index (κ3) is 3.23. The summed E-state index contributed by atoms with van der Waals surface area (Å²) < 4.78 is 5.09. The Morgan fingerprint density at radius 2 is 1.83 bits per heavy atom. The molecule has 3 nitrogen and oxygen atoms in total. The van der Waals surface area contributed by atoms with Crippen LogP contribution in [0.1, 0.15) is 18.1 Å². The first-order valence-corrected chi connectivity index (χ1v) is 6.13. The van der Waals surface area contributed by atoms with Crippen molar-refractivity contribution in [3.63, 3.8) is 0 Å². The molecule has 1 aromatic heterocycles. The Morgan fingerprint density at radius 3 is 2.50 bits per heavy atom. The summed E-state index contributed by atoms with van der Waals surface area (Å²) in [5, 5.41) is 3.35. The minimum absolute atomic E-state index is 0.626. The Labute approximate surface area is 108 Å². The van der Waals surface area contributed by atoms with E-state index in [4.69, 9.17) is 4.74 Å². The molecule has 1 heterocycles. The number of aryl methyl sites for hydroxylation is 1. The van der Waals surface area contributed by atoms with Gasteiger partial charge in [-0.25, -0.2) is 4.98 Å². The monoisotopic (exact) mass is 242 g/mol. The van der Waals surface area contributed by atoms with E-state index in [1.807, 2.05) is 12.1 Å². The number of anilines is 1. The number of methoxy groups -OCH3 is 1. The number of nitrogens with one attached hydrogen (secondary N) is 1. The fourth-order valence-electron chi connectivity index (χ4n) is 1.73. The second-order valence-corrected chi connectivity index (χ2v) is 4.11. The topological polar surface area (TPSA) is 34.2 Å². The van der Waals surface area contributed by atoms with Crippen molar-refractivity contribution in [3.8, 4) is 5.88 Å². The zero-order chi connectivity index (χ0) is 12.8. The summed E-state index contributed by atoms with van der Waals surface area (Å²) in [6, 6.07) is 12.5. The van der Waals surface area contributed by atoms with Crippen LogP contribution in [0.25, 0.3) is 0 Å². The van der Waals surface area contributed by atoms with Gasteiger partial charge >= 0.3 is 0 Å². The number of nitrogens with zero attached hydrogens (tertiary/aromatic N) is 1. The number of benzene rings is 1. The molecule has 0 aliphatic carbocycles. The van der Waals surface area contributed by atoms with Crippen molar-refractivity contribution < 1.29 is 4.74 Å². The van der Waals surface area contributed by atoms with E-state index >= 15 is 0 Å². The summed E-state index contributed by atoms with van der Waals surface area (Å²) in [7, 11) is 1.62. The number of hydrogen-bond acceptors (Lipinski definition) is 3. The molecule has 18 heavy (non-hydrogen) atoms. The van der Waals surface area contributed by atoms with Crippen LogP contribution in [-0.2, 0) is 13.0 Å². The molecule has 0 bridgehead atoms. The van der Waals surface area contributed by atoms with Crippen molar-refractivity contribution >= 4 is 5.69 Å². The smallest absolute Gasteiger partial charge is 0.214 e. The molecule has 2 aromatic rings. The van der Waals surface area contributed by atoms with Gasteiger partial charge < -0.3 is 10.1 Å². The van der Waals surface area contributed by atoms with Gasteiger partial charge in [-0.3, -0.25) is 0 Å². The number of hydrogen-bond donors (Lipinski definition) is 1. The molecule has 0 amide bonds. The van der Waals surface area contributed by atoms with Crippen LogP contribution in [0, 0.1) is 0 Å². The fraction of sp³-hybridized carbons (Fsp3) is 0.267. The Bertz CT molecular complexity index is 494. The Kier molecular flexibility index (Phi) is 4.18. The van der Waals surface area contributed by atoms with Crippen molar-refractivity contribution in [2.24, 2.45) is 0 Å². The van der Waals surface area contributed by atoms with Gasteiger partial charge in [0, 0.05) is 24.5 Å². The molecule has 0 aliphatic heterocycles. The molecule has 1 N–H and O–H groups in total. The minimum Gasteiger partial charge on any atom is -0.481 e. The van der Waals surface area contributed by atoms with Crippen LogP contribution >= 0.6 is 0 Å². The Balaban J connectivity index is 1.97. The molecule has 0 atom stereocenters. The van der Waals surface area contributed by atoms with Crippen molar-refractivity contribution in [1.82, 2.24) is 4.98 Å². The quantitative estimate of drug-likeness (QED) is 0.873. The molecule has 0 radical (unpaired) electrons. The molecular formula is C15H18N2O. The molecule has 0 spiro atoms. The minimum atomic E-state index is 0.626. The van der Waals surface area contributed by atoms with Crippen LogP contribution in [0.2, 0.25) is 0 Å². The second-order valence-electron chi connectivity index (χ2n) is 4.11. The van der Waals surface area contributed by atoms with Gasteiger partial charge in [-0.05, 0) is 23.6 Å². The van der Waals surface area contributed by atoms with E-state index in [0.29, 0.717) is 5.88 Å². The van der Waals surface area contributed by atoms with Crippen molar-refractivity contribution in [2.75, 3.05) is 12.4 Å². The summed E-state index contributed by atoms with van der Waals surface area (Å²) in [4.78, 5) is 4.07. The molecule has 0 aliphatic rings. The highest BCUT2D eigenvalue weighted by Crippen LogP contribution is 2.14. The lowest BCUT2D eigenvalue weighted by atomic mass is 10.1. The maximum absolute atomic E-state index is 5.09. The highest BCUT2D eigenvalue weighted by atomic mass is 16.5. The van der Waals surface area contributed by atoms with Crippen molar-refractivity contribution in [2.45, 2.75) is 19.9 Å². The Morgan fingerprint density at radius 1 is 1.11 bits per heavy atom. The number of rotatable bonds is 5. The maximum atomic E-state index is 5.09. The van der Waals surface area contributed by atoms with Crippen LogP contribution in [0.5, 0.6) is 5.88 Å². The molecule has 3 heteroatoms. The summed E-state index contributed by atoms with van der Waals surface area (Å²) in [6.45, 7) is 2.97. The predicted molar refractivity (Wildman–Crippen MR) is 73.9 cm³/mol. The lowest BCUT2D eigenvalue weighted by molar-refractivity contribution is 0.398. The third-order valence-electron chi connectivity index (χ3n) is 2.87. The second kappa shape index (κ2) is 6.05. The van der Waals surface area contributed by atoms with Gasteiger partial charge in [0.1, 0.15) is 0 Å². The van der Waals surface area contributed by atoms with Crippen LogP contribution in [-0.4, -0.2) is 12.1 Å². The zero-order valence-electron chi connectivity index (χ0n) is 10.8. The number of ether oxygens (including phenoxy) is 1. The molecule has 0 saturated heterocycles. The van der Waals surface area contributed by atoms with E-state index in [2.05, 4.69) is 41.5 Å². The largest absolute Gasteiger partial charge is 0.481 e. The van der Waals surface area contributed by atoms with E-state index in [1.54, 1.807) is 13.3 Å². The first kappa shape index (κ1) is 12.4. The van der Waals surface area contributed by atoms with Gasteiger partial charge in [0.2, 0.25) is 5.88 Å². The van der Waals surface area contributed by atoms with E-state index in [0.717, 1.165) is 18.7 Å². The van der Waals surface area contributed by atoms with Gasteiger partial charge in [-0.1, -0.05) is 31.2 Å². The molecular weight excluding hydrogens is 224 g/mol. The number of pyridine rings is 1. The van der Waals surface area contributed by atoms with E-state index in [9.17, 15) is 0 Å². The maximum Gasteiger partial charge on any atom is 0.214 e. The van der Waals surface area contributed by atoms with Crippen LogP contribution < -0.4 is 10.1 Å². The average Bonchev–Trinajstić information content (AvgIpc) is 2.46. The standard InChI is InChI=1S/C15H18N2O/c1-3-12-4-6-13(7-5-12)11-17-14-8-9-16-15(10-14)18-2/h4-10H,3,11H2,1-2H3,(H,16,17). The summed E-state index contributed by atoms with van der Waals surface area (Å²) in [6.07, 6.45) is 2.82. The first-order chi connectivity index (χ1) is 8.81. The van der Waals surface area contributed by atoms with Crippen LogP contribution in [0.15, 0.2) is 42.6 Å². The van der Waals surface area contributed by atoms with E-state index < -0.39 is 0 Å². The highest BCUT2D eigenvalue weighted by Gasteiger charge is 1.97. The van der Waals surface area contributed by atoms with Gasteiger partial charge in [-0.15, -0.1) is 0 Å². The zero-order valence-corrected chi connectivity index (χ0v) is 10.8. The van der Waals surface area contributed by atoms with Gasteiger partial charge in [0.25, 0.3) is 0 Å². The molecule has 0 saturated carbocycles. The van der Waals surface area contributed by atoms with Gasteiger partial charge in [0.15, 0.2) is 0 Å². The van der Waals surface area contributed by atoms with Gasteiger partial charge in [0.05, 0.1) is 7.11 Å². The Hall–Kier alpha value is -2.03. The normalized spacial score (nSPS) is 10.1. The number of aromatic nitrogens is 1. The predicted octanol–water partition coefficient (Wildman–Crippen LogP) is 3.26. The first-order valence-electron chi connectivity index (χ1n) is 6.13. The van der Waals surface area contributed by atoms with Crippen LogP contribution in [0.3, 0.4) is 0 Å². The lowest BCUT2D eigenvalue weighted by Gasteiger charge is -2.08. The van der Waals surface area contributed by atoms with Crippen LogP contribution in [0.4, 0.5) is 5.69 Å². The molecule has 0 fully saturated rings. The average molecular weight is 242 g/mol. The summed E-state index contributed by atoms with van der Waals surface area (Å²) >= 11 is 0. The van der Waals surface area contributed by atoms with Crippen molar-refractivity contribution in [1.29, 1.82) is 0 Å². The lowest BCUT2D eigenvalue weighted by Crippen LogP contribution is -2.00. The third-order valence-corrected chi connectivity index (χ3v) is 2.87. The molecule has 2 rings (SSSR count). The fourth-order valence-corrected chi connectivity index (χ4v) is 1.73. The summed E-state index contributed by atoms with van der Waals surface area (Å²) in [5.74, 6) is 0.626. The molecule has 1 aromatic carbocycles. The van der Waals surface area contributed by atoms with E-state index in [1.165, 1.54) is 11.1 Å². The summed E-state index contributed by atoms with van der Waals surface area (Å²) in [5.41, 5.74) is 3.65.